The third-order valence-electron chi connectivity index (χ3n) is 9.53. The third kappa shape index (κ3) is 6.05. The number of aryl methyl sites for hydroxylation is 2. The first-order valence-electron chi connectivity index (χ1n) is 16.9. The van der Waals surface area contributed by atoms with Gasteiger partial charge >= 0.3 is 5.97 Å². The first-order chi connectivity index (χ1) is 23.4. The monoisotopic (exact) mass is 667 g/mol. The Balaban J connectivity index is 1.44. The Labute approximate surface area is 284 Å². The van der Waals surface area contributed by atoms with Gasteiger partial charge < -0.3 is 23.9 Å². The number of fused-ring (bicyclic) bond motifs is 2. The van der Waals surface area contributed by atoms with Crippen molar-refractivity contribution in [2.45, 2.75) is 78.4 Å². The highest BCUT2D eigenvalue weighted by molar-refractivity contribution is 6.02. The molecular weight excluding hydrogens is 625 g/mol. The maximum absolute atomic E-state index is 16.6. The van der Waals surface area contributed by atoms with E-state index in [9.17, 15) is 9.90 Å². The zero-order valence-electron chi connectivity index (χ0n) is 28.9. The number of halogens is 1. The molecule has 0 unspecified atom stereocenters. The van der Waals surface area contributed by atoms with Gasteiger partial charge in [-0.3, -0.25) is 14.5 Å². The molecule has 2 aliphatic rings. The van der Waals surface area contributed by atoms with Crippen LogP contribution in [0.15, 0.2) is 36.8 Å². The maximum atomic E-state index is 16.6. The number of hydrogen-bond acceptors (Lipinski definition) is 7. The van der Waals surface area contributed by atoms with E-state index in [1.165, 1.54) is 0 Å². The fourth-order valence-electron chi connectivity index (χ4n) is 7.19. The molecule has 1 saturated heterocycles. The number of ether oxygens (including phenoxy) is 3. The van der Waals surface area contributed by atoms with Gasteiger partial charge in [0.2, 0.25) is 5.82 Å². The molecule has 0 radical (unpaired) electrons. The molecule has 0 bridgehead atoms. The van der Waals surface area contributed by atoms with Gasteiger partial charge in [-0.05, 0) is 89.6 Å². The van der Waals surface area contributed by atoms with Gasteiger partial charge in [0.25, 0.3) is 0 Å². The molecule has 1 N–H and O–H groups in total. The van der Waals surface area contributed by atoms with Crippen LogP contribution in [0, 0.1) is 19.7 Å². The van der Waals surface area contributed by atoms with E-state index in [-0.39, 0.29) is 17.9 Å². The van der Waals surface area contributed by atoms with Crippen LogP contribution in [0.1, 0.15) is 68.5 Å². The summed E-state index contributed by atoms with van der Waals surface area (Å²) >= 11 is 0. The van der Waals surface area contributed by atoms with Crippen LogP contribution in [0.2, 0.25) is 0 Å². The van der Waals surface area contributed by atoms with E-state index in [1.54, 1.807) is 6.20 Å². The van der Waals surface area contributed by atoms with Gasteiger partial charge in [0.1, 0.15) is 11.2 Å². The Morgan fingerprint density at radius 3 is 2.63 bits per heavy atom. The molecule has 4 aromatic heterocycles. The molecule has 0 aliphatic carbocycles. The number of rotatable bonds is 7. The summed E-state index contributed by atoms with van der Waals surface area (Å²) in [7, 11) is 1.94. The Kier molecular flexibility index (Phi) is 8.42. The molecule has 256 valence electrons. The summed E-state index contributed by atoms with van der Waals surface area (Å²) in [5, 5.41) is 15.4. The SMILES string of the molecule is Cc1nc2c(cc(-c3ccnc(-c4cnn(C5CCOCC5)c4)c3)n2C)c(-c2c(C)c3c(c(F)c2OC(C)(C)C)OCCC3)c1CC(=O)O. The van der Waals surface area contributed by atoms with Crippen LogP contribution in [-0.4, -0.2) is 60.8 Å². The molecule has 11 heteroatoms. The van der Waals surface area contributed by atoms with E-state index in [1.807, 2.05) is 81.5 Å². The van der Waals surface area contributed by atoms with E-state index in [0.717, 1.165) is 66.1 Å². The number of hydrogen-bond donors (Lipinski definition) is 1. The van der Waals surface area contributed by atoms with E-state index in [0.29, 0.717) is 52.5 Å². The van der Waals surface area contributed by atoms with Gasteiger partial charge in [0.15, 0.2) is 11.5 Å². The second kappa shape index (κ2) is 12.6. The molecule has 7 rings (SSSR count). The Morgan fingerprint density at radius 1 is 1.12 bits per heavy atom. The summed E-state index contributed by atoms with van der Waals surface area (Å²) in [6.45, 7) is 11.2. The Hall–Kier alpha value is -4.77. The van der Waals surface area contributed by atoms with Crippen molar-refractivity contribution in [2.24, 2.45) is 7.05 Å². The van der Waals surface area contributed by atoms with E-state index in [4.69, 9.17) is 19.2 Å². The average molecular weight is 668 g/mol. The lowest BCUT2D eigenvalue weighted by atomic mass is 9.86. The van der Waals surface area contributed by atoms with Crippen LogP contribution in [0.4, 0.5) is 4.39 Å². The molecule has 0 amide bonds. The lowest BCUT2D eigenvalue weighted by molar-refractivity contribution is -0.136. The van der Waals surface area contributed by atoms with Gasteiger partial charge in [-0.1, -0.05) is 0 Å². The second-order valence-corrected chi connectivity index (χ2v) is 14.0. The van der Waals surface area contributed by atoms with Crippen molar-refractivity contribution in [3.8, 4) is 45.1 Å². The lowest BCUT2D eigenvalue weighted by Gasteiger charge is -2.30. The zero-order chi connectivity index (χ0) is 34.6. The van der Waals surface area contributed by atoms with Crippen LogP contribution < -0.4 is 9.47 Å². The summed E-state index contributed by atoms with van der Waals surface area (Å²) < 4.78 is 38.4. The van der Waals surface area contributed by atoms with Crippen LogP contribution in [0.5, 0.6) is 11.5 Å². The molecule has 49 heavy (non-hydrogen) atoms. The lowest BCUT2D eigenvalue weighted by Crippen LogP contribution is -2.25. The molecular formula is C38H42FN5O5. The molecule has 5 aromatic rings. The second-order valence-electron chi connectivity index (χ2n) is 14.0. The number of nitrogens with zero attached hydrogens (tertiary/aromatic N) is 5. The van der Waals surface area contributed by atoms with E-state index < -0.39 is 17.4 Å². The van der Waals surface area contributed by atoms with Gasteiger partial charge in [-0.25, -0.2) is 4.98 Å². The van der Waals surface area contributed by atoms with Crippen molar-refractivity contribution in [1.82, 2.24) is 24.3 Å². The average Bonchev–Trinajstić information content (AvgIpc) is 3.70. The fourth-order valence-corrected chi connectivity index (χ4v) is 7.19. The molecule has 6 heterocycles. The number of pyridine rings is 2. The number of carboxylic acid groups (broad SMARTS) is 1. The summed E-state index contributed by atoms with van der Waals surface area (Å²) in [5.41, 5.74) is 7.18. The standard InChI is InChI=1S/C38H42FN5O5/c1-21-26-8-7-13-48-35(26)34(39)36(49-38(3,4)5)32(21)33-27(18-31(45)46)22(2)42-37-28(33)17-30(43(37)6)23-9-12-40-29(16-23)24-19-41-44(20-24)25-10-14-47-15-11-25/h9,12,16-17,19-20,25H,7-8,10-11,13-15,18H2,1-6H3,(H,45,46). The zero-order valence-corrected chi connectivity index (χ0v) is 28.9. The number of aromatic nitrogens is 5. The minimum absolute atomic E-state index is 0.0577. The van der Waals surface area contributed by atoms with Crippen molar-refractivity contribution in [3.05, 3.63) is 65.0 Å². The number of benzene rings is 1. The summed E-state index contributed by atoms with van der Waals surface area (Å²) in [4.78, 5) is 21.9. The largest absolute Gasteiger partial charge is 0.490 e. The van der Waals surface area contributed by atoms with Crippen LogP contribution in [0.25, 0.3) is 44.7 Å². The van der Waals surface area contributed by atoms with Crippen LogP contribution >= 0.6 is 0 Å². The van der Waals surface area contributed by atoms with Crippen molar-refractivity contribution < 1.29 is 28.5 Å². The summed E-state index contributed by atoms with van der Waals surface area (Å²) in [5.74, 6) is -1.29. The van der Waals surface area contributed by atoms with E-state index in [2.05, 4.69) is 10.1 Å². The Bertz CT molecular complexity index is 2090. The molecule has 0 saturated carbocycles. The molecule has 1 aromatic carbocycles. The predicted molar refractivity (Wildman–Crippen MR) is 185 cm³/mol. The minimum Gasteiger partial charge on any atom is -0.490 e. The van der Waals surface area contributed by atoms with Crippen molar-refractivity contribution in [3.63, 3.8) is 0 Å². The molecule has 10 nitrogen and oxygen atoms in total. The fraction of sp³-hybridized carbons (Fsp3) is 0.421. The van der Waals surface area contributed by atoms with Gasteiger partial charge in [0.05, 0.1) is 36.7 Å². The molecule has 2 aliphatic heterocycles. The molecule has 0 spiro atoms. The van der Waals surface area contributed by atoms with Gasteiger partial charge in [-0.2, -0.15) is 9.49 Å². The van der Waals surface area contributed by atoms with Crippen LogP contribution in [0.3, 0.4) is 0 Å². The van der Waals surface area contributed by atoms with Crippen molar-refractivity contribution in [2.75, 3.05) is 19.8 Å². The van der Waals surface area contributed by atoms with Crippen molar-refractivity contribution >= 4 is 17.0 Å². The normalized spacial score (nSPS) is 15.3. The topological polar surface area (TPSA) is 114 Å². The highest BCUT2D eigenvalue weighted by Gasteiger charge is 2.33. The molecule has 0 atom stereocenters. The first kappa shape index (κ1) is 32.8. The third-order valence-corrected chi connectivity index (χ3v) is 9.53. The highest BCUT2D eigenvalue weighted by atomic mass is 19.1. The number of carboxylic acids is 1. The van der Waals surface area contributed by atoms with E-state index >= 15 is 4.39 Å². The highest BCUT2D eigenvalue weighted by Crippen LogP contribution is 2.49. The smallest absolute Gasteiger partial charge is 0.307 e. The Morgan fingerprint density at radius 2 is 1.90 bits per heavy atom. The van der Waals surface area contributed by atoms with Gasteiger partial charge in [-0.15, -0.1) is 0 Å². The van der Waals surface area contributed by atoms with Crippen LogP contribution in [-0.2, 0) is 29.4 Å². The summed E-state index contributed by atoms with van der Waals surface area (Å²) in [6, 6.07) is 6.29. The van der Waals surface area contributed by atoms with Crippen molar-refractivity contribution in [1.29, 1.82) is 0 Å². The number of carbonyl (C=O) groups is 1. The number of aliphatic carboxylic acids is 1. The predicted octanol–water partition coefficient (Wildman–Crippen LogP) is 7.40. The van der Waals surface area contributed by atoms with Gasteiger partial charge in [0, 0.05) is 71.6 Å². The quantitative estimate of drug-likeness (QED) is 0.191. The summed E-state index contributed by atoms with van der Waals surface area (Å²) in [6.07, 6.45) is 8.63. The molecule has 1 fully saturated rings. The minimum atomic E-state index is -1.00. The maximum Gasteiger partial charge on any atom is 0.307 e. The first-order valence-corrected chi connectivity index (χ1v) is 16.9.